The molecular formula is C24H27NO4S. The van der Waals surface area contributed by atoms with Crippen molar-refractivity contribution in [2.45, 2.75) is 48.5 Å². The molecule has 2 heterocycles. The zero-order chi connectivity index (χ0) is 20.7. The number of hydrogen-bond donors (Lipinski definition) is 1. The summed E-state index contributed by atoms with van der Waals surface area (Å²) in [5, 5.41) is 2.44. The van der Waals surface area contributed by atoms with Crippen LogP contribution in [0.1, 0.15) is 49.1 Å². The summed E-state index contributed by atoms with van der Waals surface area (Å²) in [6.07, 6.45) is 3.42. The van der Waals surface area contributed by atoms with Crippen molar-refractivity contribution in [2.24, 2.45) is 5.92 Å². The van der Waals surface area contributed by atoms with E-state index in [9.17, 15) is 13.2 Å². The molecule has 0 radical (unpaired) electrons. The largest absolute Gasteiger partial charge is 0.449 e. The monoisotopic (exact) mass is 425 g/mol. The Labute approximate surface area is 177 Å². The van der Waals surface area contributed by atoms with Gasteiger partial charge in [0.2, 0.25) is 0 Å². The summed E-state index contributed by atoms with van der Waals surface area (Å²) >= 11 is 0. The van der Waals surface area contributed by atoms with E-state index in [1.807, 2.05) is 24.3 Å². The zero-order valence-corrected chi connectivity index (χ0v) is 17.7. The molecule has 30 heavy (non-hydrogen) atoms. The van der Waals surface area contributed by atoms with E-state index < -0.39 is 15.9 Å². The van der Waals surface area contributed by atoms with Crippen LogP contribution in [0.3, 0.4) is 0 Å². The van der Waals surface area contributed by atoms with Crippen molar-refractivity contribution < 1.29 is 17.9 Å². The number of nitrogens with one attached hydrogen (secondary N) is 1. The Morgan fingerprint density at radius 3 is 2.10 bits per heavy atom. The van der Waals surface area contributed by atoms with Crippen molar-refractivity contribution in [1.29, 1.82) is 0 Å². The molecular weight excluding hydrogens is 398 g/mol. The lowest BCUT2D eigenvalue weighted by Crippen LogP contribution is -2.46. The van der Waals surface area contributed by atoms with Crippen molar-refractivity contribution in [2.75, 3.05) is 13.2 Å². The van der Waals surface area contributed by atoms with Gasteiger partial charge in [0.05, 0.1) is 10.5 Å². The van der Waals surface area contributed by atoms with Gasteiger partial charge in [-0.25, -0.2) is 13.2 Å². The van der Waals surface area contributed by atoms with Gasteiger partial charge in [-0.3, -0.25) is 0 Å². The molecule has 2 fully saturated rings. The first kappa shape index (κ1) is 19.6. The molecule has 1 aliphatic carbocycles. The minimum atomic E-state index is -2.96. The number of ether oxygens (including phenoxy) is 1. The van der Waals surface area contributed by atoms with Crippen LogP contribution >= 0.6 is 0 Å². The van der Waals surface area contributed by atoms with Gasteiger partial charge in [0.1, 0.15) is 6.61 Å². The van der Waals surface area contributed by atoms with E-state index in [0.29, 0.717) is 26.0 Å². The highest BCUT2D eigenvalue weighted by Gasteiger charge is 2.44. The van der Waals surface area contributed by atoms with Crippen LogP contribution in [0.4, 0.5) is 4.79 Å². The van der Waals surface area contributed by atoms with Crippen LogP contribution in [-0.4, -0.2) is 38.2 Å². The molecule has 0 saturated carbocycles. The normalized spacial score (nSPS) is 26.5. The summed E-state index contributed by atoms with van der Waals surface area (Å²) in [7, 11) is -2.96. The fourth-order valence-electron chi connectivity index (χ4n) is 5.56. The average molecular weight is 426 g/mol. The molecule has 2 atom stereocenters. The molecule has 2 unspecified atom stereocenters. The van der Waals surface area contributed by atoms with Gasteiger partial charge in [0, 0.05) is 12.5 Å². The Balaban J connectivity index is 1.19. The zero-order valence-electron chi connectivity index (χ0n) is 16.9. The molecule has 2 aromatic carbocycles. The maximum absolute atomic E-state index is 12.4. The van der Waals surface area contributed by atoms with E-state index in [1.54, 1.807) is 0 Å². The quantitative estimate of drug-likeness (QED) is 0.794. The number of sulfone groups is 1. The third kappa shape index (κ3) is 3.41. The first-order valence-electron chi connectivity index (χ1n) is 10.9. The van der Waals surface area contributed by atoms with E-state index in [0.717, 1.165) is 19.3 Å². The molecule has 0 aromatic heterocycles. The van der Waals surface area contributed by atoms with Gasteiger partial charge in [0.25, 0.3) is 0 Å². The minimum Gasteiger partial charge on any atom is -0.449 e. The molecule has 2 bridgehead atoms. The highest BCUT2D eigenvalue weighted by Crippen LogP contribution is 2.44. The van der Waals surface area contributed by atoms with Crippen LogP contribution in [0.2, 0.25) is 0 Å². The minimum absolute atomic E-state index is 0.0438. The van der Waals surface area contributed by atoms with Crippen molar-refractivity contribution in [3.63, 3.8) is 0 Å². The number of carbonyl (C=O) groups is 1. The lowest BCUT2D eigenvalue weighted by molar-refractivity contribution is 0.140. The molecule has 1 N–H and O–H groups in total. The summed E-state index contributed by atoms with van der Waals surface area (Å²) in [4.78, 5) is 12.4. The maximum atomic E-state index is 12.4. The number of amides is 1. The lowest BCUT2D eigenvalue weighted by atomic mass is 9.89. The van der Waals surface area contributed by atoms with Crippen LogP contribution in [0, 0.1) is 5.92 Å². The number of benzene rings is 2. The van der Waals surface area contributed by atoms with Crippen molar-refractivity contribution in [3.8, 4) is 11.1 Å². The van der Waals surface area contributed by atoms with Gasteiger partial charge in [-0.05, 0) is 53.9 Å². The molecule has 5 rings (SSSR count). The van der Waals surface area contributed by atoms with E-state index in [-0.39, 0.29) is 22.3 Å². The molecule has 158 valence electrons. The topological polar surface area (TPSA) is 72.5 Å². The standard InChI is InChI=1S/C24H27NO4S/c26-24(25-14-16-12-17-6-5-7-18(13-16)30(17,27)28)29-15-23-21-10-3-1-8-19(21)20-9-2-4-11-22(20)23/h1-4,8-11,16-18,23H,5-7,12-15H2,(H,25,26). The predicted molar refractivity (Wildman–Crippen MR) is 116 cm³/mol. The average Bonchev–Trinajstić information content (AvgIpc) is 3.04. The molecule has 5 nitrogen and oxygen atoms in total. The van der Waals surface area contributed by atoms with Crippen LogP contribution in [-0.2, 0) is 14.6 Å². The highest BCUT2D eigenvalue weighted by molar-refractivity contribution is 7.92. The molecule has 2 aromatic rings. The van der Waals surface area contributed by atoms with Crippen LogP contribution < -0.4 is 5.32 Å². The summed E-state index contributed by atoms with van der Waals surface area (Å²) in [6, 6.07) is 16.5. The Morgan fingerprint density at radius 2 is 1.50 bits per heavy atom. The summed E-state index contributed by atoms with van der Waals surface area (Å²) in [5.41, 5.74) is 4.79. The summed E-state index contributed by atoms with van der Waals surface area (Å²) < 4.78 is 30.4. The number of rotatable bonds is 4. The predicted octanol–water partition coefficient (Wildman–Crippen LogP) is 4.27. The van der Waals surface area contributed by atoms with Crippen LogP contribution in [0.5, 0.6) is 0 Å². The highest BCUT2D eigenvalue weighted by atomic mass is 32.2. The van der Waals surface area contributed by atoms with Gasteiger partial charge in [0.15, 0.2) is 9.84 Å². The van der Waals surface area contributed by atoms with E-state index in [1.165, 1.54) is 22.3 Å². The smallest absolute Gasteiger partial charge is 0.407 e. The second-order valence-corrected chi connectivity index (χ2v) is 11.3. The first-order chi connectivity index (χ1) is 14.5. The van der Waals surface area contributed by atoms with E-state index >= 15 is 0 Å². The fraction of sp³-hybridized carbons (Fsp3) is 0.458. The summed E-state index contributed by atoms with van der Waals surface area (Å²) in [6.45, 7) is 0.781. The second kappa shape index (κ2) is 7.73. The Bertz CT molecular complexity index is 999. The third-order valence-electron chi connectivity index (χ3n) is 7.05. The van der Waals surface area contributed by atoms with Gasteiger partial charge in [-0.1, -0.05) is 55.0 Å². The number of carbonyl (C=O) groups excluding carboxylic acids is 1. The van der Waals surface area contributed by atoms with E-state index in [4.69, 9.17) is 4.74 Å². The molecule has 6 heteroatoms. The molecule has 0 spiro atoms. The van der Waals surface area contributed by atoms with E-state index in [2.05, 4.69) is 29.6 Å². The molecule has 2 saturated heterocycles. The fourth-order valence-corrected chi connectivity index (χ4v) is 8.18. The van der Waals surface area contributed by atoms with Crippen molar-refractivity contribution in [1.82, 2.24) is 5.32 Å². The number of alkyl carbamates (subject to hydrolysis) is 1. The van der Waals surface area contributed by atoms with Gasteiger partial charge < -0.3 is 10.1 Å². The van der Waals surface area contributed by atoms with Gasteiger partial charge in [-0.15, -0.1) is 0 Å². The van der Waals surface area contributed by atoms with Crippen molar-refractivity contribution >= 4 is 15.9 Å². The maximum Gasteiger partial charge on any atom is 0.407 e. The second-order valence-electron chi connectivity index (χ2n) is 8.81. The first-order valence-corrected chi connectivity index (χ1v) is 12.5. The van der Waals surface area contributed by atoms with Gasteiger partial charge >= 0.3 is 6.09 Å². The van der Waals surface area contributed by atoms with Gasteiger partial charge in [-0.2, -0.15) is 0 Å². The number of fused-ring (bicyclic) bond motifs is 5. The Morgan fingerprint density at radius 1 is 0.933 bits per heavy atom. The molecule has 3 aliphatic rings. The SMILES string of the molecule is O=C(NCC1CC2CCCC(C1)S2(=O)=O)OCC1c2ccccc2-c2ccccc21. The summed E-state index contributed by atoms with van der Waals surface area (Å²) in [5.74, 6) is 0.256. The Kier molecular flexibility index (Phi) is 5.05. The Hall–Kier alpha value is -2.34. The van der Waals surface area contributed by atoms with Crippen molar-refractivity contribution in [3.05, 3.63) is 59.7 Å². The number of hydrogen-bond acceptors (Lipinski definition) is 4. The third-order valence-corrected chi connectivity index (χ3v) is 9.77. The molecule has 1 amide bonds. The van der Waals surface area contributed by atoms with Crippen LogP contribution in [0.15, 0.2) is 48.5 Å². The van der Waals surface area contributed by atoms with Crippen LogP contribution in [0.25, 0.3) is 11.1 Å². The molecule has 2 aliphatic heterocycles. The lowest BCUT2D eigenvalue weighted by Gasteiger charge is -2.38.